The van der Waals surface area contributed by atoms with E-state index in [1.807, 2.05) is 58.0 Å². The van der Waals surface area contributed by atoms with Gasteiger partial charge >= 0.3 is 11.9 Å². The number of aliphatic hydroxyl groups is 3. The van der Waals surface area contributed by atoms with Gasteiger partial charge in [-0.25, -0.2) is 9.59 Å². The molecule has 0 unspecified atom stereocenters. The molecule has 0 radical (unpaired) electrons. The third-order valence-electron chi connectivity index (χ3n) is 12.5. The molecule has 1 aromatic rings. The van der Waals surface area contributed by atoms with Crippen molar-refractivity contribution in [3.63, 3.8) is 0 Å². The molecule has 3 fully saturated rings. The van der Waals surface area contributed by atoms with Crippen LogP contribution in [0.25, 0.3) is 6.08 Å². The van der Waals surface area contributed by atoms with Crippen LogP contribution in [0.5, 0.6) is 5.75 Å². The van der Waals surface area contributed by atoms with Gasteiger partial charge in [-0.05, 0) is 89.7 Å². The highest BCUT2D eigenvalue weighted by Gasteiger charge is 2.81. The summed E-state index contributed by atoms with van der Waals surface area (Å²) < 4.78 is 17.7. The Balaban J connectivity index is 1.43. The molecule has 1 aromatic carbocycles. The predicted octanol–water partition coefficient (Wildman–Crippen LogP) is 5.65. The Morgan fingerprint density at radius 3 is 2.38 bits per heavy atom. The summed E-state index contributed by atoms with van der Waals surface area (Å²) in [5.41, 5.74) is -5.31. The summed E-state index contributed by atoms with van der Waals surface area (Å²) in [4.78, 5) is 39.3. The second-order valence-electron chi connectivity index (χ2n) is 15.1. The number of benzene rings is 1. The molecule has 0 heterocycles. The van der Waals surface area contributed by atoms with E-state index in [0.29, 0.717) is 31.6 Å². The lowest BCUT2D eigenvalue weighted by Crippen LogP contribution is -2.78. The zero-order valence-electron chi connectivity index (χ0n) is 29.4. The fourth-order valence-electron chi connectivity index (χ4n) is 9.25. The van der Waals surface area contributed by atoms with Crippen molar-refractivity contribution in [2.45, 2.75) is 122 Å². The van der Waals surface area contributed by atoms with E-state index in [2.05, 4.69) is 6.92 Å². The van der Waals surface area contributed by atoms with Gasteiger partial charge in [0, 0.05) is 30.1 Å². The number of allylic oxidation sites excluding steroid dienone is 1. The highest BCUT2D eigenvalue weighted by atomic mass is 16.6. The minimum atomic E-state index is -2.00. The van der Waals surface area contributed by atoms with Crippen molar-refractivity contribution >= 4 is 23.8 Å². The minimum Gasteiger partial charge on any atom is -0.493 e. The van der Waals surface area contributed by atoms with Crippen LogP contribution in [0, 0.1) is 22.7 Å². The number of Topliss-reactive ketones (excluding diaryl/α,β-unsaturated/α-hetero) is 1. The zero-order valence-corrected chi connectivity index (χ0v) is 29.4. The van der Waals surface area contributed by atoms with E-state index in [1.165, 1.54) is 19.1 Å². The lowest BCUT2D eigenvalue weighted by atomic mass is 9.42. The maximum atomic E-state index is 13.3. The summed E-state index contributed by atoms with van der Waals surface area (Å²) in [6, 6.07) is 7.46. The monoisotopic (exact) mass is 664 g/mol. The van der Waals surface area contributed by atoms with Crippen LogP contribution < -0.4 is 4.74 Å². The van der Waals surface area contributed by atoms with Crippen molar-refractivity contribution < 1.29 is 43.9 Å². The first kappa shape index (κ1) is 36.0. The fourth-order valence-corrected chi connectivity index (χ4v) is 9.25. The Morgan fingerprint density at radius 1 is 1.00 bits per heavy atom. The van der Waals surface area contributed by atoms with Gasteiger partial charge in [0.05, 0.1) is 12.0 Å². The van der Waals surface area contributed by atoms with Crippen LogP contribution in [-0.4, -0.2) is 68.7 Å². The predicted molar refractivity (Wildman–Crippen MR) is 181 cm³/mol. The van der Waals surface area contributed by atoms with Crippen molar-refractivity contribution in [1.82, 2.24) is 0 Å². The summed E-state index contributed by atoms with van der Waals surface area (Å²) in [5, 5.41) is 37.2. The van der Waals surface area contributed by atoms with E-state index in [9.17, 15) is 29.7 Å². The molecule has 262 valence electrons. The highest BCUT2D eigenvalue weighted by Crippen LogP contribution is 2.71. The van der Waals surface area contributed by atoms with Gasteiger partial charge in [-0.3, -0.25) is 4.79 Å². The number of carbonyl (C=O) groups is 3. The van der Waals surface area contributed by atoms with Crippen molar-refractivity contribution in [1.29, 1.82) is 0 Å². The number of ether oxygens (including phenoxy) is 3. The molecule has 9 heteroatoms. The average Bonchev–Trinajstić information content (AvgIpc) is 3.26. The van der Waals surface area contributed by atoms with Gasteiger partial charge in [-0.15, -0.1) is 0 Å². The lowest BCUT2D eigenvalue weighted by molar-refractivity contribution is -0.314. The number of para-hydroxylation sites is 1. The standard InChI is InChI=1S/C39H52O9/c1-8-46-30-12-10-9-11-27(30)13-14-33(41)47-29-16-17-35(6)28(22-29)15-18-38(44)31(35)23-32(48-34(42)21-25(4)24(2)3)36(7)37(43,26(5)40)19-20-39(36,38)45/h9-15,21,24,29,31-32,43-45H,8,16-20,22-23H2,1-7H3/b14-13+,25-21+/t29-,31+,32+,35-,36+,37+,38-,39+/m0/s1. The van der Waals surface area contributed by atoms with E-state index < -0.39 is 57.4 Å². The molecule has 4 aliphatic rings. The van der Waals surface area contributed by atoms with Crippen molar-refractivity contribution in [3.05, 3.63) is 59.2 Å². The van der Waals surface area contributed by atoms with Crippen LogP contribution in [0.2, 0.25) is 0 Å². The summed E-state index contributed by atoms with van der Waals surface area (Å²) >= 11 is 0. The number of hydrogen-bond acceptors (Lipinski definition) is 9. The molecule has 0 bridgehead atoms. The number of rotatable bonds is 9. The van der Waals surface area contributed by atoms with Gasteiger partial charge in [-0.1, -0.05) is 56.2 Å². The number of ketones is 1. The van der Waals surface area contributed by atoms with Gasteiger partial charge in [-0.2, -0.15) is 0 Å². The van der Waals surface area contributed by atoms with E-state index in [0.717, 1.165) is 16.7 Å². The van der Waals surface area contributed by atoms with Crippen LogP contribution in [-0.2, 0) is 23.9 Å². The van der Waals surface area contributed by atoms with Crippen molar-refractivity contribution in [2.24, 2.45) is 22.7 Å². The zero-order chi connectivity index (χ0) is 35.3. The Hall–Kier alpha value is -3.27. The molecule has 0 spiro atoms. The molecule has 5 rings (SSSR count). The quantitative estimate of drug-likeness (QED) is 0.174. The number of hydrogen-bond donors (Lipinski definition) is 3. The second kappa shape index (κ2) is 12.9. The third kappa shape index (κ3) is 5.56. The van der Waals surface area contributed by atoms with Crippen LogP contribution in [0.1, 0.15) is 99.0 Å². The molecule has 8 atom stereocenters. The van der Waals surface area contributed by atoms with Crippen molar-refractivity contribution in [2.75, 3.05) is 6.61 Å². The molecule has 0 aliphatic heterocycles. The lowest BCUT2D eigenvalue weighted by Gasteiger charge is -2.67. The SMILES string of the molecule is CCOc1ccccc1/C=C/C(=O)O[C@H]1CC[C@@]2(C)C(=CC[C@]3(O)[C@@H]2C[C@@H](OC(=O)/C=C(\C)C(C)C)[C@@]2(C)[C@]3(O)CC[C@@]2(O)C(C)=O)C1. The first-order valence-electron chi connectivity index (χ1n) is 17.3. The largest absolute Gasteiger partial charge is 0.493 e. The topological polar surface area (TPSA) is 140 Å². The third-order valence-corrected chi connectivity index (χ3v) is 12.5. The Morgan fingerprint density at radius 2 is 1.71 bits per heavy atom. The summed E-state index contributed by atoms with van der Waals surface area (Å²) in [6.07, 6.45) is 6.71. The summed E-state index contributed by atoms with van der Waals surface area (Å²) in [5.74, 6) is -1.37. The Kier molecular flexibility index (Phi) is 9.67. The maximum absolute atomic E-state index is 13.3. The molecule has 0 saturated heterocycles. The van der Waals surface area contributed by atoms with Crippen LogP contribution in [0.15, 0.2) is 53.6 Å². The second-order valence-corrected chi connectivity index (χ2v) is 15.1. The number of esters is 2. The number of carbonyl (C=O) groups excluding carboxylic acids is 3. The Bertz CT molecular complexity index is 1540. The van der Waals surface area contributed by atoms with E-state index in [-0.39, 0.29) is 37.7 Å². The molecular formula is C39H52O9. The van der Waals surface area contributed by atoms with Gasteiger partial charge in [0.25, 0.3) is 0 Å². The molecule has 9 nitrogen and oxygen atoms in total. The van der Waals surface area contributed by atoms with Crippen LogP contribution >= 0.6 is 0 Å². The smallest absolute Gasteiger partial charge is 0.331 e. The van der Waals surface area contributed by atoms with Crippen LogP contribution in [0.3, 0.4) is 0 Å². The highest BCUT2D eigenvalue weighted by molar-refractivity contribution is 5.88. The molecule has 0 aromatic heterocycles. The first-order chi connectivity index (χ1) is 22.5. The normalized spacial score (nSPS) is 37.7. The molecular weight excluding hydrogens is 612 g/mol. The minimum absolute atomic E-state index is 0.0280. The Labute approximate surface area is 284 Å². The summed E-state index contributed by atoms with van der Waals surface area (Å²) in [6.45, 7) is 13.1. The molecule has 48 heavy (non-hydrogen) atoms. The fraction of sp³-hybridized carbons (Fsp3) is 0.615. The van der Waals surface area contributed by atoms with Gasteiger partial charge in [0.1, 0.15) is 34.8 Å². The maximum Gasteiger partial charge on any atom is 0.331 e. The van der Waals surface area contributed by atoms with Gasteiger partial charge < -0.3 is 29.5 Å². The van der Waals surface area contributed by atoms with E-state index in [4.69, 9.17) is 14.2 Å². The first-order valence-corrected chi connectivity index (χ1v) is 17.3. The average molecular weight is 665 g/mol. The van der Waals surface area contributed by atoms with Gasteiger partial charge in [0.2, 0.25) is 0 Å². The summed E-state index contributed by atoms with van der Waals surface area (Å²) in [7, 11) is 0. The molecule has 0 amide bonds. The molecule has 4 aliphatic carbocycles. The van der Waals surface area contributed by atoms with Gasteiger partial charge in [0.15, 0.2) is 5.78 Å². The molecule has 3 saturated carbocycles. The number of fused-ring (bicyclic) bond motifs is 5. The van der Waals surface area contributed by atoms with Crippen molar-refractivity contribution in [3.8, 4) is 5.75 Å². The van der Waals surface area contributed by atoms with E-state index >= 15 is 0 Å². The van der Waals surface area contributed by atoms with E-state index in [1.54, 1.807) is 13.0 Å². The van der Waals surface area contributed by atoms with Crippen LogP contribution in [0.4, 0.5) is 0 Å². The molecule has 3 N–H and O–H groups in total.